The molecule has 0 saturated carbocycles. The smallest absolute Gasteiger partial charge is 0.306 e. The maximum atomic E-state index is 11.2. The van der Waals surface area contributed by atoms with Gasteiger partial charge in [0.05, 0.1) is 37.3 Å². The van der Waals surface area contributed by atoms with Crippen LogP contribution in [-0.2, 0) is 22.5 Å². The molecule has 0 saturated heterocycles. The van der Waals surface area contributed by atoms with E-state index < -0.39 is 0 Å². The molecule has 0 aliphatic carbocycles. The molecule has 0 aliphatic heterocycles. The van der Waals surface area contributed by atoms with Gasteiger partial charge in [-0.1, -0.05) is 0 Å². The van der Waals surface area contributed by atoms with Crippen molar-refractivity contribution in [3.63, 3.8) is 0 Å². The van der Waals surface area contributed by atoms with E-state index in [4.69, 9.17) is 4.74 Å². The van der Waals surface area contributed by atoms with Gasteiger partial charge >= 0.3 is 5.97 Å². The van der Waals surface area contributed by atoms with Crippen LogP contribution in [0.2, 0.25) is 0 Å². The van der Waals surface area contributed by atoms with E-state index in [-0.39, 0.29) is 5.97 Å². The van der Waals surface area contributed by atoms with Gasteiger partial charge in [-0.2, -0.15) is 0 Å². The van der Waals surface area contributed by atoms with Crippen LogP contribution in [0.25, 0.3) is 0 Å². The molecule has 0 radical (unpaired) electrons. The molecule has 0 amide bonds. The van der Waals surface area contributed by atoms with Crippen molar-refractivity contribution in [2.24, 2.45) is 0 Å². The number of H-pyrrole nitrogens is 1. The minimum atomic E-state index is -0.178. The molecule has 0 bridgehead atoms. The summed E-state index contributed by atoms with van der Waals surface area (Å²) in [4.78, 5) is 22.6. The molecule has 19 heavy (non-hydrogen) atoms. The van der Waals surface area contributed by atoms with Crippen LogP contribution in [0.1, 0.15) is 24.7 Å². The summed E-state index contributed by atoms with van der Waals surface area (Å²) in [6, 6.07) is 0. The van der Waals surface area contributed by atoms with E-state index in [0.717, 1.165) is 16.5 Å². The van der Waals surface area contributed by atoms with Crippen molar-refractivity contribution >= 4 is 22.4 Å². The van der Waals surface area contributed by atoms with Crippen LogP contribution >= 0.6 is 11.3 Å². The fraction of sp³-hybridized carbons (Fsp3) is 0.417. The number of nitrogens with zero attached hydrogens (tertiary/aromatic N) is 2. The van der Waals surface area contributed by atoms with Gasteiger partial charge in [0, 0.05) is 18.0 Å². The quantitative estimate of drug-likeness (QED) is 0.758. The largest absolute Gasteiger partial charge is 0.466 e. The SMILES string of the molecule is CCOC(=O)CCc1csc(NCc2cnc[nH]2)n1. The van der Waals surface area contributed by atoms with Crippen LogP contribution in [0, 0.1) is 0 Å². The number of thiazole rings is 1. The number of esters is 1. The van der Waals surface area contributed by atoms with Gasteiger partial charge in [-0.25, -0.2) is 9.97 Å². The van der Waals surface area contributed by atoms with Crippen molar-refractivity contribution in [3.8, 4) is 0 Å². The summed E-state index contributed by atoms with van der Waals surface area (Å²) < 4.78 is 4.88. The zero-order chi connectivity index (χ0) is 13.5. The van der Waals surface area contributed by atoms with E-state index in [1.54, 1.807) is 19.4 Å². The fourth-order valence-corrected chi connectivity index (χ4v) is 2.26. The standard InChI is InChI=1S/C12H16N4O2S/c1-2-18-11(17)4-3-9-7-19-12(16-9)14-6-10-5-13-8-15-10/h5,7-8H,2-4,6H2,1H3,(H,13,15)(H,14,16). The molecule has 0 fully saturated rings. The van der Waals surface area contributed by atoms with Gasteiger partial charge in [-0.05, 0) is 6.92 Å². The monoisotopic (exact) mass is 280 g/mol. The second-order valence-electron chi connectivity index (χ2n) is 3.88. The molecule has 2 aromatic heterocycles. The Morgan fingerprint density at radius 2 is 2.47 bits per heavy atom. The number of hydrogen-bond donors (Lipinski definition) is 2. The number of nitrogens with one attached hydrogen (secondary N) is 2. The molecule has 102 valence electrons. The maximum Gasteiger partial charge on any atom is 0.306 e. The Balaban J connectivity index is 1.77. The molecule has 0 aliphatic rings. The molecule has 0 aromatic carbocycles. The van der Waals surface area contributed by atoms with Crippen LogP contribution in [0.15, 0.2) is 17.9 Å². The maximum absolute atomic E-state index is 11.2. The first kappa shape index (κ1) is 13.5. The Kier molecular flexibility index (Phi) is 4.91. The minimum absolute atomic E-state index is 0.178. The summed E-state index contributed by atoms with van der Waals surface area (Å²) in [6.45, 7) is 2.88. The topological polar surface area (TPSA) is 79.9 Å². The van der Waals surface area contributed by atoms with Crippen molar-refractivity contribution < 1.29 is 9.53 Å². The fourth-order valence-electron chi connectivity index (χ4n) is 1.52. The number of hydrogen-bond acceptors (Lipinski definition) is 6. The highest BCUT2D eigenvalue weighted by molar-refractivity contribution is 7.13. The summed E-state index contributed by atoms with van der Waals surface area (Å²) in [7, 11) is 0. The number of aromatic nitrogens is 3. The number of aryl methyl sites for hydroxylation is 1. The van der Waals surface area contributed by atoms with Gasteiger partial charge < -0.3 is 15.0 Å². The average Bonchev–Trinajstić information content (AvgIpc) is 3.06. The van der Waals surface area contributed by atoms with Crippen LogP contribution in [0.4, 0.5) is 5.13 Å². The number of aromatic amines is 1. The third-order valence-corrected chi connectivity index (χ3v) is 3.28. The Bertz CT molecular complexity index is 510. The molecule has 2 rings (SSSR count). The first-order valence-electron chi connectivity index (χ1n) is 6.09. The molecular weight excluding hydrogens is 264 g/mol. The van der Waals surface area contributed by atoms with Crippen molar-refractivity contribution in [3.05, 3.63) is 29.3 Å². The van der Waals surface area contributed by atoms with Crippen molar-refractivity contribution in [2.75, 3.05) is 11.9 Å². The van der Waals surface area contributed by atoms with E-state index in [2.05, 4.69) is 20.3 Å². The minimum Gasteiger partial charge on any atom is -0.466 e. The van der Waals surface area contributed by atoms with Gasteiger partial charge in [-0.3, -0.25) is 4.79 Å². The summed E-state index contributed by atoms with van der Waals surface area (Å²) in [6.07, 6.45) is 4.39. The lowest BCUT2D eigenvalue weighted by molar-refractivity contribution is -0.143. The van der Waals surface area contributed by atoms with Crippen molar-refractivity contribution in [2.45, 2.75) is 26.3 Å². The van der Waals surface area contributed by atoms with E-state index in [1.165, 1.54) is 11.3 Å². The van der Waals surface area contributed by atoms with Gasteiger partial charge in [0.2, 0.25) is 0 Å². The average molecular weight is 280 g/mol. The Morgan fingerprint density at radius 1 is 1.58 bits per heavy atom. The van der Waals surface area contributed by atoms with E-state index in [0.29, 0.717) is 26.0 Å². The number of rotatable bonds is 7. The number of imidazole rings is 1. The molecule has 2 aromatic rings. The molecule has 0 spiro atoms. The highest BCUT2D eigenvalue weighted by Gasteiger charge is 2.06. The van der Waals surface area contributed by atoms with Gasteiger partial charge in [-0.15, -0.1) is 11.3 Å². The number of carbonyl (C=O) groups excluding carboxylic acids is 1. The Labute approximate surface area is 115 Å². The molecule has 6 nitrogen and oxygen atoms in total. The van der Waals surface area contributed by atoms with E-state index in [1.807, 2.05) is 5.38 Å². The summed E-state index contributed by atoms with van der Waals surface area (Å²) >= 11 is 1.53. The number of ether oxygens (including phenoxy) is 1. The van der Waals surface area contributed by atoms with Crippen LogP contribution in [0.3, 0.4) is 0 Å². The lowest BCUT2D eigenvalue weighted by atomic mass is 10.2. The lowest BCUT2D eigenvalue weighted by Gasteiger charge is -2.00. The zero-order valence-electron chi connectivity index (χ0n) is 10.7. The summed E-state index contributed by atoms with van der Waals surface area (Å²) in [5, 5.41) is 5.99. The molecule has 2 heterocycles. The Hall–Kier alpha value is -1.89. The first-order chi connectivity index (χ1) is 9.28. The molecule has 0 unspecified atom stereocenters. The van der Waals surface area contributed by atoms with E-state index in [9.17, 15) is 4.79 Å². The van der Waals surface area contributed by atoms with Crippen LogP contribution in [0.5, 0.6) is 0 Å². The van der Waals surface area contributed by atoms with Gasteiger partial charge in [0.15, 0.2) is 5.13 Å². The molecule has 7 heteroatoms. The highest BCUT2D eigenvalue weighted by Crippen LogP contribution is 2.17. The second-order valence-corrected chi connectivity index (χ2v) is 4.74. The van der Waals surface area contributed by atoms with Crippen molar-refractivity contribution in [1.29, 1.82) is 0 Å². The summed E-state index contributed by atoms with van der Waals surface area (Å²) in [5.74, 6) is -0.178. The number of carbonyl (C=O) groups is 1. The molecule has 2 N–H and O–H groups in total. The predicted octanol–water partition coefficient (Wildman–Crippen LogP) is 1.97. The van der Waals surface area contributed by atoms with Crippen LogP contribution in [-0.4, -0.2) is 27.5 Å². The summed E-state index contributed by atoms with van der Waals surface area (Å²) in [5.41, 5.74) is 1.91. The molecular formula is C12H16N4O2S. The lowest BCUT2D eigenvalue weighted by Crippen LogP contribution is -2.05. The predicted molar refractivity (Wildman–Crippen MR) is 73.0 cm³/mol. The Morgan fingerprint density at radius 3 is 3.21 bits per heavy atom. The number of anilines is 1. The van der Waals surface area contributed by atoms with Gasteiger partial charge in [0.1, 0.15) is 0 Å². The first-order valence-corrected chi connectivity index (χ1v) is 6.97. The third kappa shape index (κ3) is 4.36. The molecule has 0 atom stereocenters. The normalized spacial score (nSPS) is 10.4. The second kappa shape index (κ2) is 6.89. The zero-order valence-corrected chi connectivity index (χ0v) is 11.5. The van der Waals surface area contributed by atoms with Gasteiger partial charge in [0.25, 0.3) is 0 Å². The van der Waals surface area contributed by atoms with Crippen LogP contribution < -0.4 is 5.32 Å². The van der Waals surface area contributed by atoms with E-state index >= 15 is 0 Å². The third-order valence-electron chi connectivity index (χ3n) is 2.43. The highest BCUT2D eigenvalue weighted by atomic mass is 32.1. The van der Waals surface area contributed by atoms with Crippen molar-refractivity contribution in [1.82, 2.24) is 15.0 Å².